The quantitative estimate of drug-likeness (QED) is 0.946. The molecule has 0 radical (unpaired) electrons. The van der Waals surface area contributed by atoms with E-state index in [0.717, 1.165) is 16.0 Å². The normalized spacial score (nSPS) is 10.4. The Kier molecular flexibility index (Phi) is 3.40. The Labute approximate surface area is 105 Å². The van der Waals surface area contributed by atoms with Gasteiger partial charge in [-0.15, -0.1) is 0 Å². The van der Waals surface area contributed by atoms with E-state index >= 15 is 0 Å². The van der Waals surface area contributed by atoms with Crippen molar-refractivity contribution in [3.8, 4) is 0 Å². The number of nitrogens with zero attached hydrogens (tertiary/aromatic N) is 1. The summed E-state index contributed by atoms with van der Waals surface area (Å²) >= 11 is 4.63. The van der Waals surface area contributed by atoms with Crippen LogP contribution in [0.2, 0.25) is 0 Å². The van der Waals surface area contributed by atoms with Crippen molar-refractivity contribution in [2.45, 2.75) is 13.3 Å². The third kappa shape index (κ3) is 2.51. The monoisotopic (exact) mass is 300 g/mol. The molecule has 1 N–H and O–H groups in total. The lowest BCUT2D eigenvalue weighted by Gasteiger charge is -1.97. The van der Waals surface area contributed by atoms with E-state index in [4.69, 9.17) is 4.42 Å². The summed E-state index contributed by atoms with van der Waals surface area (Å²) in [4.78, 5) is 15.7. The lowest BCUT2D eigenvalue weighted by molar-refractivity contribution is 0.0995. The number of thiazole rings is 1. The van der Waals surface area contributed by atoms with E-state index in [1.807, 2.05) is 6.92 Å². The van der Waals surface area contributed by atoms with Gasteiger partial charge < -0.3 is 4.42 Å². The molecule has 0 aliphatic carbocycles. The minimum absolute atomic E-state index is 0.276. The second-order valence-corrected chi connectivity index (χ2v) is 5.45. The van der Waals surface area contributed by atoms with Gasteiger partial charge in [0.2, 0.25) is 0 Å². The smallest absolute Gasteiger partial charge is 0.293 e. The van der Waals surface area contributed by atoms with Crippen LogP contribution in [0.1, 0.15) is 23.2 Å². The second-order valence-electron chi connectivity index (χ2n) is 3.04. The Bertz CT molecular complexity index is 506. The van der Waals surface area contributed by atoms with Crippen molar-refractivity contribution in [2.75, 3.05) is 5.32 Å². The third-order valence-electron chi connectivity index (χ3n) is 1.93. The fourth-order valence-corrected chi connectivity index (χ4v) is 2.26. The van der Waals surface area contributed by atoms with Crippen LogP contribution in [-0.4, -0.2) is 10.9 Å². The molecule has 2 rings (SSSR count). The SMILES string of the molecule is CCc1ccc(C(=O)Nc2ncc(Br)s2)o1. The van der Waals surface area contributed by atoms with Crippen molar-refractivity contribution < 1.29 is 9.21 Å². The van der Waals surface area contributed by atoms with Gasteiger partial charge in [0, 0.05) is 6.42 Å². The third-order valence-corrected chi connectivity index (χ3v) is 3.32. The fourth-order valence-electron chi connectivity index (χ4n) is 1.16. The Morgan fingerprint density at radius 2 is 2.44 bits per heavy atom. The number of carbonyl (C=O) groups is 1. The lowest BCUT2D eigenvalue weighted by Crippen LogP contribution is -2.10. The highest BCUT2D eigenvalue weighted by Crippen LogP contribution is 2.23. The summed E-state index contributed by atoms with van der Waals surface area (Å²) in [5.41, 5.74) is 0. The summed E-state index contributed by atoms with van der Waals surface area (Å²) in [6, 6.07) is 3.46. The maximum absolute atomic E-state index is 11.7. The molecule has 0 saturated carbocycles. The molecule has 0 aliphatic heterocycles. The van der Waals surface area contributed by atoms with Crippen LogP contribution < -0.4 is 5.32 Å². The van der Waals surface area contributed by atoms with Crippen LogP contribution in [0.3, 0.4) is 0 Å². The number of hydrogen-bond acceptors (Lipinski definition) is 4. The van der Waals surface area contributed by atoms with Gasteiger partial charge in [-0.1, -0.05) is 18.3 Å². The molecule has 0 aliphatic rings. The molecule has 2 aromatic heterocycles. The molecule has 84 valence electrons. The largest absolute Gasteiger partial charge is 0.456 e. The molecule has 0 spiro atoms. The first-order valence-corrected chi connectivity index (χ1v) is 6.31. The molecule has 0 bridgehead atoms. The van der Waals surface area contributed by atoms with Crippen LogP contribution in [-0.2, 0) is 6.42 Å². The summed E-state index contributed by atoms with van der Waals surface area (Å²) in [7, 11) is 0. The standard InChI is InChI=1S/C10H9BrN2O2S/c1-2-6-3-4-7(15-6)9(14)13-10-12-5-8(11)16-10/h3-5H,2H2,1H3,(H,12,13,14). The molecule has 0 unspecified atom stereocenters. The first-order valence-electron chi connectivity index (χ1n) is 4.70. The molecule has 2 aromatic rings. The summed E-state index contributed by atoms with van der Waals surface area (Å²) < 4.78 is 6.20. The fraction of sp³-hybridized carbons (Fsp3) is 0.200. The van der Waals surface area contributed by atoms with Crippen LogP contribution in [0.15, 0.2) is 26.5 Å². The zero-order valence-electron chi connectivity index (χ0n) is 8.49. The van der Waals surface area contributed by atoms with Crippen LogP contribution >= 0.6 is 27.3 Å². The molecule has 0 atom stereocenters. The number of nitrogens with one attached hydrogen (secondary N) is 1. The van der Waals surface area contributed by atoms with Crippen LogP contribution in [0.25, 0.3) is 0 Å². The van der Waals surface area contributed by atoms with Crippen molar-refractivity contribution in [1.82, 2.24) is 4.98 Å². The molecule has 16 heavy (non-hydrogen) atoms. The second kappa shape index (κ2) is 4.80. The number of aryl methyl sites for hydroxylation is 1. The maximum Gasteiger partial charge on any atom is 0.293 e. The van der Waals surface area contributed by atoms with E-state index in [2.05, 4.69) is 26.2 Å². The van der Waals surface area contributed by atoms with Gasteiger partial charge in [0.1, 0.15) is 5.76 Å². The van der Waals surface area contributed by atoms with E-state index in [0.29, 0.717) is 10.9 Å². The van der Waals surface area contributed by atoms with Gasteiger partial charge in [-0.2, -0.15) is 0 Å². The molecule has 0 aromatic carbocycles. The number of furan rings is 1. The van der Waals surface area contributed by atoms with Crippen molar-refractivity contribution in [3.63, 3.8) is 0 Å². The number of carbonyl (C=O) groups excluding carboxylic acids is 1. The van der Waals surface area contributed by atoms with Crippen molar-refractivity contribution in [1.29, 1.82) is 0 Å². The van der Waals surface area contributed by atoms with Crippen molar-refractivity contribution in [3.05, 3.63) is 33.6 Å². The number of anilines is 1. The highest BCUT2D eigenvalue weighted by atomic mass is 79.9. The molecule has 0 fully saturated rings. The minimum atomic E-state index is -0.276. The minimum Gasteiger partial charge on any atom is -0.456 e. The lowest BCUT2D eigenvalue weighted by atomic mass is 10.3. The average molecular weight is 301 g/mol. The predicted octanol–water partition coefficient (Wildman–Crippen LogP) is 3.31. The predicted molar refractivity (Wildman–Crippen MR) is 65.9 cm³/mol. The first-order chi connectivity index (χ1) is 7.69. The Morgan fingerprint density at radius 3 is 3.00 bits per heavy atom. The highest BCUT2D eigenvalue weighted by Gasteiger charge is 2.12. The van der Waals surface area contributed by atoms with E-state index < -0.39 is 0 Å². The average Bonchev–Trinajstić information content (AvgIpc) is 2.87. The highest BCUT2D eigenvalue weighted by molar-refractivity contribution is 9.11. The van der Waals surface area contributed by atoms with E-state index in [1.54, 1.807) is 18.3 Å². The number of amides is 1. The molecular weight excluding hydrogens is 292 g/mol. The van der Waals surface area contributed by atoms with Gasteiger partial charge >= 0.3 is 0 Å². The Hall–Kier alpha value is -1.14. The van der Waals surface area contributed by atoms with Gasteiger partial charge in [0.25, 0.3) is 5.91 Å². The van der Waals surface area contributed by atoms with Gasteiger partial charge in [0.05, 0.1) is 9.98 Å². The zero-order chi connectivity index (χ0) is 11.5. The van der Waals surface area contributed by atoms with Gasteiger partial charge in [0.15, 0.2) is 10.9 Å². The molecule has 1 amide bonds. The maximum atomic E-state index is 11.7. The Balaban J connectivity index is 2.08. The van der Waals surface area contributed by atoms with Gasteiger partial charge in [-0.25, -0.2) is 4.98 Å². The molecule has 2 heterocycles. The topological polar surface area (TPSA) is 55.1 Å². The van der Waals surface area contributed by atoms with Crippen LogP contribution in [0.4, 0.5) is 5.13 Å². The summed E-state index contributed by atoms with van der Waals surface area (Å²) in [5.74, 6) is 0.829. The molecule has 0 saturated heterocycles. The summed E-state index contributed by atoms with van der Waals surface area (Å²) in [6.45, 7) is 1.97. The van der Waals surface area contributed by atoms with E-state index in [1.165, 1.54) is 11.3 Å². The van der Waals surface area contributed by atoms with Crippen molar-refractivity contribution >= 4 is 38.3 Å². The molecule has 4 nitrogen and oxygen atoms in total. The van der Waals surface area contributed by atoms with Crippen LogP contribution in [0, 0.1) is 0 Å². The Morgan fingerprint density at radius 1 is 1.62 bits per heavy atom. The molecular formula is C10H9BrN2O2S. The molecule has 6 heteroatoms. The number of halogens is 1. The number of rotatable bonds is 3. The van der Waals surface area contributed by atoms with Gasteiger partial charge in [-0.3, -0.25) is 10.1 Å². The number of hydrogen-bond donors (Lipinski definition) is 1. The summed E-state index contributed by atoms with van der Waals surface area (Å²) in [5, 5.41) is 3.21. The van der Waals surface area contributed by atoms with Crippen molar-refractivity contribution in [2.24, 2.45) is 0 Å². The summed E-state index contributed by atoms with van der Waals surface area (Å²) in [6.07, 6.45) is 2.41. The van der Waals surface area contributed by atoms with Gasteiger partial charge in [-0.05, 0) is 28.1 Å². The van der Waals surface area contributed by atoms with Crippen LogP contribution in [0.5, 0.6) is 0 Å². The van der Waals surface area contributed by atoms with E-state index in [-0.39, 0.29) is 5.91 Å². The van der Waals surface area contributed by atoms with E-state index in [9.17, 15) is 4.79 Å². The first kappa shape index (κ1) is 11.3. The number of aromatic nitrogens is 1. The zero-order valence-corrected chi connectivity index (χ0v) is 10.9.